The summed E-state index contributed by atoms with van der Waals surface area (Å²) in [6.07, 6.45) is 0.765. The Balaban J connectivity index is 1.37. The van der Waals surface area contributed by atoms with E-state index in [1.807, 2.05) is 17.7 Å². The lowest BCUT2D eigenvalue weighted by molar-refractivity contribution is -0.106. The fraction of sp³-hybridized carbons (Fsp3) is 0.414. The van der Waals surface area contributed by atoms with Gasteiger partial charge in [0.05, 0.1) is 23.2 Å². The predicted molar refractivity (Wildman–Crippen MR) is 144 cm³/mol. The summed E-state index contributed by atoms with van der Waals surface area (Å²) in [6.45, 7) is 3.27. The van der Waals surface area contributed by atoms with Crippen molar-refractivity contribution >= 4 is 16.1 Å². The van der Waals surface area contributed by atoms with E-state index in [4.69, 9.17) is 0 Å². The summed E-state index contributed by atoms with van der Waals surface area (Å²) in [4.78, 5) is 0. The van der Waals surface area contributed by atoms with Crippen molar-refractivity contribution in [2.24, 2.45) is 5.41 Å². The van der Waals surface area contributed by atoms with Crippen LogP contribution in [-0.2, 0) is 22.9 Å². The molecule has 12 heteroatoms. The molecule has 0 bridgehead atoms. The van der Waals surface area contributed by atoms with E-state index in [9.17, 15) is 35.5 Å². The Morgan fingerprint density at radius 2 is 1.85 bits per heavy atom. The monoisotopic (exact) mass is 595 g/mol. The summed E-state index contributed by atoms with van der Waals surface area (Å²) in [7, 11) is -4.76. The van der Waals surface area contributed by atoms with Gasteiger partial charge in [0.25, 0.3) is 0 Å². The molecule has 3 aromatic rings. The topological polar surface area (TPSA) is 84.2 Å². The first-order valence-corrected chi connectivity index (χ1v) is 14.9. The maximum Gasteiger partial charge on any atom is 0.404 e. The van der Waals surface area contributed by atoms with E-state index in [1.165, 1.54) is 25.1 Å². The first kappa shape index (κ1) is 29.4. The zero-order chi connectivity index (χ0) is 29.8. The van der Waals surface area contributed by atoms with Crippen molar-refractivity contribution in [2.75, 3.05) is 5.75 Å². The maximum absolute atomic E-state index is 14.9. The minimum atomic E-state index is -4.94. The van der Waals surface area contributed by atoms with E-state index in [-0.39, 0.29) is 24.2 Å². The molecule has 0 aliphatic heterocycles. The normalized spacial score (nSPS) is 23.2. The molecule has 1 aromatic heterocycles. The second kappa shape index (κ2) is 10.3. The number of sulfonamides is 1. The van der Waals surface area contributed by atoms with Gasteiger partial charge in [-0.05, 0) is 86.6 Å². The summed E-state index contributed by atoms with van der Waals surface area (Å²) in [5.74, 6) is -3.16. The number of halogens is 5. The van der Waals surface area contributed by atoms with Crippen molar-refractivity contribution in [3.05, 3.63) is 88.3 Å². The highest BCUT2D eigenvalue weighted by atomic mass is 32.2. The van der Waals surface area contributed by atoms with Gasteiger partial charge in [-0.3, -0.25) is 0 Å². The van der Waals surface area contributed by atoms with Crippen LogP contribution in [-0.4, -0.2) is 40.8 Å². The fourth-order valence-corrected chi connectivity index (χ4v) is 7.50. The number of nitrogens with zero attached hydrogens (tertiary/aromatic N) is 2. The van der Waals surface area contributed by atoms with Crippen LogP contribution in [0.1, 0.15) is 61.5 Å². The second-order valence-corrected chi connectivity index (χ2v) is 12.9. The zero-order valence-corrected chi connectivity index (χ0v) is 23.3. The van der Waals surface area contributed by atoms with Crippen molar-refractivity contribution in [3.63, 3.8) is 0 Å². The third-order valence-corrected chi connectivity index (χ3v) is 9.87. The van der Waals surface area contributed by atoms with Crippen LogP contribution in [0.15, 0.2) is 54.2 Å². The van der Waals surface area contributed by atoms with Crippen LogP contribution in [0.3, 0.4) is 0 Å². The molecule has 0 radical (unpaired) electrons. The Labute approximate surface area is 234 Å². The molecule has 0 amide bonds. The Bertz CT molecular complexity index is 1600. The number of fused-ring (bicyclic) bond motifs is 2. The van der Waals surface area contributed by atoms with E-state index in [0.29, 0.717) is 30.5 Å². The van der Waals surface area contributed by atoms with Crippen LogP contribution in [0.25, 0.3) is 11.8 Å². The lowest BCUT2D eigenvalue weighted by Gasteiger charge is -2.42. The molecule has 0 saturated heterocycles. The fourth-order valence-electron chi connectivity index (χ4n) is 6.33. The van der Waals surface area contributed by atoms with Gasteiger partial charge in [0, 0.05) is 17.0 Å². The Morgan fingerprint density at radius 3 is 2.54 bits per heavy atom. The minimum Gasteiger partial charge on any atom is -0.389 e. The van der Waals surface area contributed by atoms with Crippen molar-refractivity contribution < 1.29 is 35.5 Å². The largest absolute Gasteiger partial charge is 0.404 e. The number of benzene rings is 2. The van der Waals surface area contributed by atoms with Crippen LogP contribution in [0.4, 0.5) is 22.0 Å². The number of hydrogen-bond donors (Lipinski definition) is 2. The van der Waals surface area contributed by atoms with Crippen molar-refractivity contribution in [3.8, 4) is 5.69 Å². The summed E-state index contributed by atoms with van der Waals surface area (Å²) < 4.78 is 94.3. The van der Waals surface area contributed by atoms with Gasteiger partial charge in [-0.15, -0.1) is 0 Å². The molecule has 1 heterocycles. The molecule has 6 nitrogen and oxygen atoms in total. The van der Waals surface area contributed by atoms with Gasteiger partial charge < -0.3 is 5.11 Å². The summed E-state index contributed by atoms with van der Waals surface area (Å²) in [5.41, 5.74) is 2.04. The van der Waals surface area contributed by atoms with Crippen LogP contribution in [0.2, 0.25) is 0 Å². The van der Waals surface area contributed by atoms with Gasteiger partial charge in [0.2, 0.25) is 10.0 Å². The highest BCUT2D eigenvalue weighted by Gasteiger charge is 2.54. The maximum atomic E-state index is 14.9. The standard InChI is InChI=1S/C29H30F5N3O3S/c1-18(36-41(39,40)17-29(32,33)34)26-19(4-3-5-24(26)31)10-12-28(38)13-11-21-14-25-20(15-27(21,28)2)16-35-37(25)23-8-6-22(30)7-9-23/h3-9,14,16,18,36,38H,10-13,15,17H2,1-2H3/t18-,27-,28-/m0/s1. The summed E-state index contributed by atoms with van der Waals surface area (Å²) in [6, 6.07) is 8.92. The van der Waals surface area contributed by atoms with Crippen molar-refractivity contribution in [2.45, 2.75) is 63.8 Å². The van der Waals surface area contributed by atoms with Gasteiger partial charge in [-0.2, -0.15) is 18.3 Å². The Hall–Kier alpha value is -3.09. The molecule has 2 aliphatic carbocycles. The highest BCUT2D eigenvalue weighted by Crippen LogP contribution is 2.57. The van der Waals surface area contributed by atoms with Gasteiger partial charge in [-0.1, -0.05) is 24.6 Å². The van der Waals surface area contributed by atoms with E-state index < -0.39 is 44.8 Å². The lowest BCUT2D eigenvalue weighted by Crippen LogP contribution is -2.45. The molecule has 0 spiro atoms. The lowest BCUT2D eigenvalue weighted by atomic mass is 9.65. The average Bonchev–Trinajstić information content (AvgIpc) is 3.37. The molecule has 5 rings (SSSR count). The van der Waals surface area contributed by atoms with Gasteiger partial charge >= 0.3 is 6.18 Å². The van der Waals surface area contributed by atoms with E-state index in [1.54, 1.807) is 29.1 Å². The number of aromatic nitrogens is 2. The highest BCUT2D eigenvalue weighted by molar-refractivity contribution is 7.89. The van der Waals surface area contributed by atoms with E-state index in [0.717, 1.165) is 22.9 Å². The number of nitrogens with one attached hydrogen (secondary N) is 1. The first-order chi connectivity index (χ1) is 19.1. The smallest absolute Gasteiger partial charge is 0.389 e. The number of hydrogen-bond acceptors (Lipinski definition) is 4. The van der Waals surface area contributed by atoms with E-state index >= 15 is 0 Å². The van der Waals surface area contributed by atoms with Crippen molar-refractivity contribution in [1.29, 1.82) is 0 Å². The molecule has 2 N–H and O–H groups in total. The van der Waals surface area contributed by atoms with Gasteiger partial charge in [0.1, 0.15) is 11.6 Å². The molecular weight excluding hydrogens is 565 g/mol. The Kier molecular flexibility index (Phi) is 7.40. The van der Waals surface area contributed by atoms with Crippen LogP contribution >= 0.6 is 0 Å². The molecule has 1 fully saturated rings. The van der Waals surface area contributed by atoms with Crippen molar-refractivity contribution in [1.82, 2.24) is 14.5 Å². The molecular formula is C29H30F5N3O3S. The Morgan fingerprint density at radius 1 is 1.15 bits per heavy atom. The molecule has 1 saturated carbocycles. The number of rotatable bonds is 8. The van der Waals surface area contributed by atoms with Gasteiger partial charge in [0.15, 0.2) is 5.75 Å². The molecule has 2 aliphatic rings. The quantitative estimate of drug-likeness (QED) is 0.323. The third-order valence-electron chi connectivity index (χ3n) is 8.45. The number of aliphatic hydroxyl groups is 1. The minimum absolute atomic E-state index is 0.0488. The zero-order valence-electron chi connectivity index (χ0n) is 22.5. The number of aryl methyl sites for hydroxylation is 1. The van der Waals surface area contributed by atoms with E-state index in [2.05, 4.69) is 5.10 Å². The van der Waals surface area contributed by atoms with Crippen LogP contribution < -0.4 is 4.72 Å². The predicted octanol–water partition coefficient (Wildman–Crippen LogP) is 5.80. The third kappa shape index (κ3) is 5.69. The second-order valence-electron chi connectivity index (χ2n) is 11.2. The average molecular weight is 596 g/mol. The molecule has 41 heavy (non-hydrogen) atoms. The molecule has 3 atom stereocenters. The number of alkyl halides is 3. The first-order valence-electron chi connectivity index (χ1n) is 13.2. The molecule has 2 aromatic carbocycles. The summed E-state index contributed by atoms with van der Waals surface area (Å²) >= 11 is 0. The molecule has 220 valence electrons. The van der Waals surface area contributed by atoms with Crippen LogP contribution in [0.5, 0.6) is 0 Å². The van der Waals surface area contributed by atoms with Crippen LogP contribution in [0, 0.1) is 17.0 Å². The summed E-state index contributed by atoms with van der Waals surface area (Å²) in [5, 5.41) is 16.4. The van der Waals surface area contributed by atoms with Gasteiger partial charge in [-0.25, -0.2) is 26.6 Å². The molecule has 0 unspecified atom stereocenters. The SMILES string of the molecule is C[C@H](NS(=O)(=O)CC(F)(F)F)c1c(F)cccc1CC[C@]1(O)CCC2=Cc3c(cnn3-c3ccc(F)cc3)C[C@@]21C.